The van der Waals surface area contributed by atoms with Crippen LogP contribution in [-0.2, 0) is 4.79 Å². The Hall–Kier alpha value is -2.66. The molecule has 2 amide bonds. The normalized spacial score (nSPS) is 15.3. The van der Waals surface area contributed by atoms with Crippen molar-refractivity contribution >= 4 is 17.5 Å². The second-order valence-corrected chi connectivity index (χ2v) is 6.90. The van der Waals surface area contributed by atoms with Crippen LogP contribution in [0.1, 0.15) is 34.8 Å². The van der Waals surface area contributed by atoms with Crippen molar-refractivity contribution in [2.75, 3.05) is 32.1 Å². The molecule has 5 nitrogen and oxygen atoms in total. The van der Waals surface area contributed by atoms with Crippen LogP contribution in [0.4, 0.5) is 5.69 Å². The molecule has 0 bridgehead atoms. The molecule has 1 atom stereocenters. The van der Waals surface area contributed by atoms with E-state index >= 15 is 0 Å². The summed E-state index contributed by atoms with van der Waals surface area (Å²) >= 11 is 0. The Bertz CT molecular complexity index is 774. The van der Waals surface area contributed by atoms with E-state index in [1.54, 1.807) is 17.0 Å². The molecule has 1 saturated heterocycles. The average Bonchev–Trinajstić information content (AvgIpc) is 3.07. The predicted octanol–water partition coefficient (Wildman–Crippen LogP) is 2.85. The Labute approximate surface area is 154 Å². The van der Waals surface area contributed by atoms with Gasteiger partial charge in [-0.25, -0.2) is 0 Å². The zero-order chi connectivity index (χ0) is 18.5. The molecule has 5 heteroatoms. The van der Waals surface area contributed by atoms with Crippen molar-refractivity contribution in [3.8, 4) is 0 Å². The molecule has 26 heavy (non-hydrogen) atoms. The Morgan fingerprint density at radius 1 is 1.15 bits per heavy atom. The number of hydrogen-bond acceptors (Lipinski definition) is 3. The van der Waals surface area contributed by atoms with Crippen LogP contribution >= 0.6 is 0 Å². The first kappa shape index (κ1) is 18.1. The van der Waals surface area contributed by atoms with Gasteiger partial charge in [-0.1, -0.05) is 36.4 Å². The van der Waals surface area contributed by atoms with Crippen LogP contribution in [0.15, 0.2) is 54.6 Å². The van der Waals surface area contributed by atoms with Gasteiger partial charge in [-0.05, 0) is 44.3 Å². The summed E-state index contributed by atoms with van der Waals surface area (Å²) < 4.78 is 0. The molecule has 1 heterocycles. The molecular formula is C21H25N3O2. The van der Waals surface area contributed by atoms with Crippen molar-refractivity contribution in [3.63, 3.8) is 0 Å². The standard InChI is InChI=1S/C21H25N3O2/c1-23(2)15-19(16-8-4-3-5-9-16)22-21(26)17-10-6-11-18(14-17)24-13-7-12-20(24)25/h3-6,8-11,14,19H,7,12-13,15H2,1-2H3,(H,22,26)/t19-/m1/s1. The van der Waals surface area contributed by atoms with E-state index in [0.717, 1.165) is 24.2 Å². The van der Waals surface area contributed by atoms with Gasteiger partial charge in [-0.15, -0.1) is 0 Å². The molecule has 1 aliphatic heterocycles. The number of carbonyl (C=O) groups excluding carboxylic acids is 2. The molecule has 0 spiro atoms. The van der Waals surface area contributed by atoms with Crippen molar-refractivity contribution in [2.24, 2.45) is 0 Å². The van der Waals surface area contributed by atoms with Gasteiger partial charge in [0.05, 0.1) is 6.04 Å². The van der Waals surface area contributed by atoms with Gasteiger partial charge in [0.1, 0.15) is 0 Å². The zero-order valence-electron chi connectivity index (χ0n) is 15.3. The van der Waals surface area contributed by atoms with Crippen LogP contribution in [0.5, 0.6) is 0 Å². The summed E-state index contributed by atoms with van der Waals surface area (Å²) in [6.45, 7) is 1.43. The average molecular weight is 351 g/mol. The lowest BCUT2D eigenvalue weighted by Crippen LogP contribution is -2.35. The van der Waals surface area contributed by atoms with Crippen molar-refractivity contribution in [1.29, 1.82) is 0 Å². The number of benzene rings is 2. The van der Waals surface area contributed by atoms with Gasteiger partial charge in [0, 0.05) is 30.8 Å². The Morgan fingerprint density at radius 3 is 2.58 bits per heavy atom. The van der Waals surface area contributed by atoms with Gasteiger partial charge >= 0.3 is 0 Å². The highest BCUT2D eigenvalue weighted by Gasteiger charge is 2.23. The molecule has 1 N–H and O–H groups in total. The Kier molecular flexibility index (Phi) is 5.68. The van der Waals surface area contributed by atoms with Crippen LogP contribution in [0, 0.1) is 0 Å². The molecule has 2 aromatic rings. The number of rotatable bonds is 6. The molecule has 1 fully saturated rings. The highest BCUT2D eigenvalue weighted by atomic mass is 16.2. The number of nitrogens with zero attached hydrogens (tertiary/aromatic N) is 2. The van der Waals surface area contributed by atoms with Crippen LogP contribution in [-0.4, -0.2) is 43.9 Å². The number of hydrogen-bond donors (Lipinski definition) is 1. The summed E-state index contributed by atoms with van der Waals surface area (Å²) in [4.78, 5) is 28.6. The van der Waals surface area contributed by atoms with Gasteiger partial charge in [-0.2, -0.15) is 0 Å². The number of nitrogens with one attached hydrogen (secondary N) is 1. The van der Waals surface area contributed by atoms with Crippen molar-refractivity contribution in [2.45, 2.75) is 18.9 Å². The summed E-state index contributed by atoms with van der Waals surface area (Å²) in [7, 11) is 3.98. The van der Waals surface area contributed by atoms with Crippen LogP contribution in [0.2, 0.25) is 0 Å². The lowest BCUT2D eigenvalue weighted by Gasteiger charge is -2.23. The van der Waals surface area contributed by atoms with Crippen molar-refractivity contribution in [3.05, 3.63) is 65.7 Å². The van der Waals surface area contributed by atoms with E-state index in [1.807, 2.05) is 56.6 Å². The molecule has 0 radical (unpaired) electrons. The van der Waals surface area contributed by atoms with Gasteiger partial charge in [-0.3, -0.25) is 9.59 Å². The quantitative estimate of drug-likeness (QED) is 0.871. The van der Waals surface area contributed by atoms with E-state index in [9.17, 15) is 9.59 Å². The van der Waals surface area contributed by atoms with Crippen molar-refractivity contribution < 1.29 is 9.59 Å². The highest BCUT2D eigenvalue weighted by Crippen LogP contribution is 2.23. The van der Waals surface area contributed by atoms with Crippen LogP contribution in [0.3, 0.4) is 0 Å². The smallest absolute Gasteiger partial charge is 0.251 e. The minimum atomic E-state index is -0.130. The lowest BCUT2D eigenvalue weighted by atomic mass is 10.1. The third kappa shape index (κ3) is 4.29. The van der Waals surface area contributed by atoms with E-state index < -0.39 is 0 Å². The maximum atomic E-state index is 12.8. The molecule has 3 rings (SSSR count). The number of amides is 2. The molecule has 1 aliphatic rings. The summed E-state index contributed by atoms with van der Waals surface area (Å²) in [6, 6.07) is 17.2. The number of anilines is 1. The molecule has 0 aromatic heterocycles. The minimum absolute atomic E-state index is 0.101. The van der Waals surface area contributed by atoms with E-state index in [2.05, 4.69) is 10.2 Å². The number of carbonyl (C=O) groups is 2. The summed E-state index contributed by atoms with van der Waals surface area (Å²) in [5.74, 6) is -0.00785. The monoisotopic (exact) mass is 351 g/mol. The van der Waals surface area contributed by atoms with Crippen molar-refractivity contribution in [1.82, 2.24) is 10.2 Å². The van der Waals surface area contributed by atoms with Gasteiger partial charge < -0.3 is 15.1 Å². The molecule has 0 aliphatic carbocycles. The fourth-order valence-corrected chi connectivity index (χ4v) is 3.26. The first-order valence-electron chi connectivity index (χ1n) is 8.95. The van der Waals surface area contributed by atoms with Gasteiger partial charge in [0.15, 0.2) is 0 Å². The maximum Gasteiger partial charge on any atom is 0.251 e. The van der Waals surface area contributed by atoms with Crippen LogP contribution in [0.25, 0.3) is 0 Å². The van der Waals surface area contributed by atoms with E-state index in [4.69, 9.17) is 0 Å². The molecular weight excluding hydrogens is 326 g/mol. The molecule has 0 unspecified atom stereocenters. The minimum Gasteiger partial charge on any atom is -0.344 e. The lowest BCUT2D eigenvalue weighted by molar-refractivity contribution is -0.117. The SMILES string of the molecule is CN(C)C[C@@H](NC(=O)c1cccc(N2CCCC2=O)c1)c1ccccc1. The Balaban J connectivity index is 1.78. The van der Waals surface area contributed by atoms with E-state index in [0.29, 0.717) is 18.5 Å². The van der Waals surface area contributed by atoms with E-state index in [1.165, 1.54) is 0 Å². The van der Waals surface area contributed by atoms with Crippen LogP contribution < -0.4 is 10.2 Å². The summed E-state index contributed by atoms with van der Waals surface area (Å²) in [5.41, 5.74) is 2.44. The van der Waals surface area contributed by atoms with Gasteiger partial charge in [0.25, 0.3) is 5.91 Å². The molecule has 136 valence electrons. The summed E-state index contributed by atoms with van der Waals surface area (Å²) in [5, 5.41) is 3.13. The van der Waals surface area contributed by atoms with Gasteiger partial charge in [0.2, 0.25) is 5.91 Å². The second kappa shape index (κ2) is 8.15. The first-order valence-corrected chi connectivity index (χ1v) is 8.95. The third-order valence-electron chi connectivity index (χ3n) is 4.55. The fourth-order valence-electron chi connectivity index (χ4n) is 3.26. The third-order valence-corrected chi connectivity index (χ3v) is 4.55. The molecule has 0 saturated carbocycles. The largest absolute Gasteiger partial charge is 0.344 e. The highest BCUT2D eigenvalue weighted by molar-refractivity contribution is 5.99. The summed E-state index contributed by atoms with van der Waals surface area (Å²) in [6.07, 6.45) is 1.45. The first-order chi connectivity index (χ1) is 12.5. The fraction of sp³-hybridized carbons (Fsp3) is 0.333. The molecule has 2 aromatic carbocycles. The topological polar surface area (TPSA) is 52.7 Å². The number of likely N-dealkylation sites (N-methyl/N-ethyl adjacent to an activating group) is 1. The Morgan fingerprint density at radius 2 is 1.92 bits per heavy atom. The zero-order valence-corrected chi connectivity index (χ0v) is 15.3. The van der Waals surface area contributed by atoms with E-state index in [-0.39, 0.29) is 17.9 Å². The predicted molar refractivity (Wildman–Crippen MR) is 103 cm³/mol. The maximum absolute atomic E-state index is 12.8. The second-order valence-electron chi connectivity index (χ2n) is 6.90.